The van der Waals surface area contributed by atoms with Gasteiger partial charge in [0.2, 0.25) is 5.95 Å². The molecule has 2 aromatic rings. The number of aromatic nitrogens is 2. The molecule has 17 heavy (non-hydrogen) atoms. The molecule has 1 aromatic carbocycles. The summed E-state index contributed by atoms with van der Waals surface area (Å²) >= 11 is 10.9. The number of benzene rings is 1. The van der Waals surface area contributed by atoms with Crippen molar-refractivity contribution in [3.05, 3.63) is 40.0 Å². The Morgan fingerprint density at radius 1 is 1.41 bits per heavy atom. The number of nitrogens with two attached hydrogens (primary N) is 1. The second-order valence-corrected chi connectivity index (χ2v) is 5.44. The first-order valence-electron chi connectivity index (χ1n) is 4.61. The first kappa shape index (κ1) is 12.6. The highest BCUT2D eigenvalue weighted by molar-refractivity contribution is 9.10. The predicted octanol–water partition coefficient (Wildman–Crippen LogP) is 3.33. The first-order valence-corrected chi connectivity index (χ1v) is 6.60. The van der Waals surface area contributed by atoms with Crippen LogP contribution < -0.4 is 11.3 Å². The Morgan fingerprint density at radius 2 is 2.24 bits per heavy atom. The van der Waals surface area contributed by atoms with E-state index in [1.165, 1.54) is 18.0 Å². The van der Waals surface area contributed by atoms with Crippen molar-refractivity contribution in [2.75, 3.05) is 5.43 Å². The first-order chi connectivity index (χ1) is 8.19. The number of nitrogens with zero attached hydrogens (tertiary/aromatic N) is 2. The van der Waals surface area contributed by atoms with Crippen LogP contribution in [0.2, 0.25) is 5.02 Å². The van der Waals surface area contributed by atoms with Gasteiger partial charge in [0.05, 0.1) is 11.2 Å². The Kier molecular flexibility index (Phi) is 4.22. The zero-order valence-electron chi connectivity index (χ0n) is 8.52. The van der Waals surface area contributed by atoms with Gasteiger partial charge in [-0.15, -0.1) is 0 Å². The summed E-state index contributed by atoms with van der Waals surface area (Å²) in [6.45, 7) is 0. The monoisotopic (exact) mass is 330 g/mol. The van der Waals surface area contributed by atoms with Gasteiger partial charge in [-0.2, -0.15) is 0 Å². The van der Waals surface area contributed by atoms with E-state index >= 15 is 0 Å². The van der Waals surface area contributed by atoms with E-state index < -0.39 is 0 Å². The van der Waals surface area contributed by atoms with Gasteiger partial charge in [0.15, 0.2) is 0 Å². The fraction of sp³-hybridized carbons (Fsp3) is 0. The van der Waals surface area contributed by atoms with Gasteiger partial charge in [-0.25, -0.2) is 15.8 Å². The molecule has 3 N–H and O–H groups in total. The number of nitrogen functional groups attached to an aromatic ring is 1. The van der Waals surface area contributed by atoms with E-state index in [-0.39, 0.29) is 0 Å². The van der Waals surface area contributed by atoms with Crippen molar-refractivity contribution < 1.29 is 0 Å². The van der Waals surface area contributed by atoms with Crippen molar-refractivity contribution in [3.8, 4) is 0 Å². The second kappa shape index (κ2) is 5.68. The summed E-state index contributed by atoms with van der Waals surface area (Å²) in [6.07, 6.45) is 1.52. The van der Waals surface area contributed by atoms with E-state index in [9.17, 15) is 0 Å². The number of rotatable bonds is 3. The molecule has 0 amide bonds. The smallest absolute Gasteiger partial charge is 0.238 e. The van der Waals surface area contributed by atoms with Crippen molar-refractivity contribution >= 4 is 45.2 Å². The molecule has 0 radical (unpaired) electrons. The van der Waals surface area contributed by atoms with Gasteiger partial charge in [0.1, 0.15) is 5.03 Å². The van der Waals surface area contributed by atoms with Crippen LogP contribution in [0.15, 0.2) is 44.9 Å². The largest absolute Gasteiger partial charge is 0.292 e. The third-order valence-electron chi connectivity index (χ3n) is 1.85. The van der Waals surface area contributed by atoms with Crippen molar-refractivity contribution in [2.24, 2.45) is 5.84 Å². The molecule has 0 bridgehead atoms. The van der Waals surface area contributed by atoms with E-state index in [1.54, 1.807) is 0 Å². The van der Waals surface area contributed by atoms with Gasteiger partial charge in [-0.05, 0) is 18.2 Å². The maximum Gasteiger partial charge on any atom is 0.238 e. The van der Waals surface area contributed by atoms with Crippen molar-refractivity contribution in [3.63, 3.8) is 0 Å². The molecule has 4 nitrogen and oxygen atoms in total. The number of hydrogen-bond donors (Lipinski definition) is 2. The van der Waals surface area contributed by atoms with Crippen LogP contribution in [0.4, 0.5) is 5.95 Å². The van der Waals surface area contributed by atoms with E-state index in [4.69, 9.17) is 17.4 Å². The average molecular weight is 332 g/mol. The van der Waals surface area contributed by atoms with Gasteiger partial charge < -0.3 is 0 Å². The van der Waals surface area contributed by atoms with Gasteiger partial charge >= 0.3 is 0 Å². The fourth-order valence-electron chi connectivity index (χ4n) is 1.13. The molecule has 0 aliphatic carbocycles. The van der Waals surface area contributed by atoms with Crippen LogP contribution in [0, 0.1) is 0 Å². The molecule has 0 saturated heterocycles. The highest BCUT2D eigenvalue weighted by Crippen LogP contribution is 2.32. The fourth-order valence-corrected chi connectivity index (χ4v) is 2.73. The molecule has 1 aromatic heterocycles. The highest BCUT2D eigenvalue weighted by atomic mass is 79.9. The number of nitrogens with one attached hydrogen (secondary N) is 1. The molecule has 88 valence electrons. The van der Waals surface area contributed by atoms with E-state index in [0.717, 1.165) is 9.37 Å². The number of hydrazine groups is 1. The molecule has 0 aliphatic heterocycles. The number of anilines is 1. The molecule has 0 saturated carbocycles. The lowest BCUT2D eigenvalue weighted by molar-refractivity contribution is 1.03. The van der Waals surface area contributed by atoms with Crippen LogP contribution >= 0.6 is 39.3 Å². The topological polar surface area (TPSA) is 63.8 Å². The van der Waals surface area contributed by atoms with Gasteiger partial charge in [0, 0.05) is 9.37 Å². The zero-order valence-corrected chi connectivity index (χ0v) is 11.7. The quantitative estimate of drug-likeness (QED) is 0.513. The minimum absolute atomic E-state index is 0.340. The molecule has 0 atom stereocenters. The highest BCUT2D eigenvalue weighted by Gasteiger charge is 2.07. The van der Waals surface area contributed by atoms with Gasteiger partial charge in [-0.1, -0.05) is 45.4 Å². The lowest BCUT2D eigenvalue weighted by Gasteiger charge is -2.05. The lowest BCUT2D eigenvalue weighted by Crippen LogP contribution is -2.10. The lowest BCUT2D eigenvalue weighted by atomic mass is 10.4. The number of hydrogen-bond acceptors (Lipinski definition) is 5. The summed E-state index contributed by atoms with van der Waals surface area (Å²) in [4.78, 5) is 9.13. The third kappa shape index (κ3) is 3.32. The summed E-state index contributed by atoms with van der Waals surface area (Å²) in [7, 11) is 0. The molecule has 0 spiro atoms. The molecular formula is C10H8BrClN4S. The SMILES string of the molecule is NNc1ncc(Cl)c(Sc2cccc(Br)c2)n1. The van der Waals surface area contributed by atoms with Crippen molar-refractivity contribution in [2.45, 2.75) is 9.92 Å². The van der Waals surface area contributed by atoms with Gasteiger partial charge in [0.25, 0.3) is 0 Å². The Labute approximate surface area is 116 Å². The predicted molar refractivity (Wildman–Crippen MR) is 73.1 cm³/mol. The molecular weight excluding hydrogens is 324 g/mol. The molecule has 7 heteroatoms. The van der Waals surface area contributed by atoms with Crippen molar-refractivity contribution in [1.29, 1.82) is 0 Å². The summed E-state index contributed by atoms with van der Waals surface area (Å²) in [5.41, 5.74) is 2.39. The van der Waals surface area contributed by atoms with Crippen LogP contribution in [0.5, 0.6) is 0 Å². The summed E-state index contributed by atoms with van der Waals surface area (Å²) in [5.74, 6) is 5.59. The Bertz CT molecular complexity index is 537. The van der Waals surface area contributed by atoms with Crippen LogP contribution in [0.25, 0.3) is 0 Å². The van der Waals surface area contributed by atoms with Crippen LogP contribution in [-0.2, 0) is 0 Å². The normalized spacial score (nSPS) is 10.3. The standard InChI is InChI=1S/C10H8BrClN4S/c11-6-2-1-3-7(4-6)17-9-8(12)5-14-10(15-9)16-13/h1-5H,13H2,(H,14,15,16). The maximum atomic E-state index is 6.02. The van der Waals surface area contributed by atoms with E-state index in [0.29, 0.717) is 16.0 Å². The van der Waals surface area contributed by atoms with Crippen LogP contribution in [-0.4, -0.2) is 9.97 Å². The molecule has 0 fully saturated rings. The Morgan fingerprint density at radius 3 is 2.94 bits per heavy atom. The van der Waals surface area contributed by atoms with E-state index in [2.05, 4.69) is 31.3 Å². The van der Waals surface area contributed by atoms with E-state index in [1.807, 2.05) is 24.3 Å². The minimum Gasteiger partial charge on any atom is -0.292 e. The average Bonchev–Trinajstić information content (AvgIpc) is 2.32. The van der Waals surface area contributed by atoms with Crippen LogP contribution in [0.1, 0.15) is 0 Å². The minimum atomic E-state index is 0.340. The molecule has 0 aliphatic rings. The second-order valence-electron chi connectivity index (χ2n) is 3.05. The number of halogens is 2. The molecule has 2 rings (SSSR count). The zero-order chi connectivity index (χ0) is 12.3. The summed E-state index contributed by atoms with van der Waals surface area (Å²) < 4.78 is 1.00. The van der Waals surface area contributed by atoms with Gasteiger partial charge in [-0.3, -0.25) is 5.43 Å². The molecule has 1 heterocycles. The maximum absolute atomic E-state index is 6.02. The summed E-state index contributed by atoms with van der Waals surface area (Å²) in [5, 5.41) is 1.15. The summed E-state index contributed by atoms with van der Waals surface area (Å²) in [6, 6.07) is 7.87. The Balaban J connectivity index is 2.29. The Hall–Kier alpha value is -0.820. The van der Waals surface area contributed by atoms with Crippen molar-refractivity contribution in [1.82, 2.24) is 9.97 Å². The van der Waals surface area contributed by atoms with Crippen LogP contribution in [0.3, 0.4) is 0 Å². The third-order valence-corrected chi connectivity index (χ3v) is 3.73. The molecule has 0 unspecified atom stereocenters.